The maximum Gasteiger partial charge on any atom is 0.225 e. The smallest absolute Gasteiger partial charge is 0.225 e. The Balaban J connectivity index is 1.61. The molecule has 23 heavy (non-hydrogen) atoms. The molecule has 2 aliphatic rings. The van der Waals surface area contributed by atoms with E-state index in [0.29, 0.717) is 6.54 Å². The molecule has 2 heterocycles. The first kappa shape index (κ1) is 16.5. The molecule has 128 valence electrons. The van der Waals surface area contributed by atoms with Crippen LogP contribution in [0.2, 0.25) is 0 Å². The Morgan fingerprint density at radius 2 is 2.26 bits per heavy atom. The van der Waals surface area contributed by atoms with E-state index in [2.05, 4.69) is 15.7 Å². The molecule has 1 saturated heterocycles. The topological polar surface area (TPSA) is 79.2 Å². The van der Waals surface area contributed by atoms with Crippen molar-refractivity contribution in [2.45, 2.75) is 38.0 Å². The van der Waals surface area contributed by atoms with Crippen LogP contribution in [0.15, 0.2) is 12.4 Å². The predicted octanol–water partition coefficient (Wildman–Crippen LogP) is 0.782. The molecule has 1 aliphatic carbocycles. The summed E-state index contributed by atoms with van der Waals surface area (Å²) in [5.41, 5.74) is 1.24. The van der Waals surface area contributed by atoms with Gasteiger partial charge in [0.05, 0.1) is 12.1 Å². The van der Waals surface area contributed by atoms with Crippen LogP contribution in [0.3, 0.4) is 0 Å². The quantitative estimate of drug-likeness (QED) is 0.724. The minimum Gasteiger partial charge on any atom is -0.396 e. The van der Waals surface area contributed by atoms with Gasteiger partial charge in [-0.05, 0) is 30.2 Å². The number of aliphatic hydroxyl groups excluding tert-OH is 1. The fraction of sp³-hybridized carbons (Fsp3) is 0.765. The van der Waals surface area contributed by atoms with E-state index in [4.69, 9.17) is 0 Å². The maximum atomic E-state index is 12.7. The summed E-state index contributed by atoms with van der Waals surface area (Å²) in [6, 6.07) is 0. The maximum absolute atomic E-state index is 12.7. The average molecular weight is 320 g/mol. The van der Waals surface area contributed by atoms with Crippen LogP contribution in [0.25, 0.3) is 0 Å². The van der Waals surface area contributed by atoms with E-state index in [0.717, 1.165) is 37.9 Å². The van der Waals surface area contributed by atoms with E-state index in [1.807, 2.05) is 19.4 Å². The van der Waals surface area contributed by atoms with Crippen LogP contribution in [-0.2, 0) is 11.8 Å². The molecule has 0 aromatic carbocycles. The normalized spacial score (nSPS) is 26.5. The van der Waals surface area contributed by atoms with Crippen LogP contribution in [-0.4, -0.2) is 47.0 Å². The number of hydrogen-bond donors (Lipinski definition) is 3. The van der Waals surface area contributed by atoms with Gasteiger partial charge in [0.1, 0.15) is 0 Å². The first-order chi connectivity index (χ1) is 11.1. The van der Waals surface area contributed by atoms with Crippen molar-refractivity contribution in [3.63, 3.8) is 0 Å². The zero-order valence-corrected chi connectivity index (χ0v) is 13.9. The molecular weight excluding hydrogens is 292 g/mol. The molecule has 0 radical (unpaired) electrons. The lowest BCUT2D eigenvalue weighted by Gasteiger charge is -2.29. The van der Waals surface area contributed by atoms with E-state index in [1.54, 1.807) is 4.68 Å². The molecule has 0 unspecified atom stereocenters. The van der Waals surface area contributed by atoms with Crippen LogP contribution in [0.1, 0.15) is 43.6 Å². The number of carbonyl (C=O) groups excluding carboxylic acids is 1. The van der Waals surface area contributed by atoms with Crippen molar-refractivity contribution in [2.24, 2.45) is 18.4 Å². The van der Waals surface area contributed by atoms with Crippen molar-refractivity contribution in [2.75, 3.05) is 26.2 Å². The molecule has 6 heteroatoms. The number of aryl methyl sites for hydroxylation is 1. The third kappa shape index (κ3) is 3.58. The Bertz CT molecular complexity index is 536. The molecule has 1 amide bonds. The molecule has 0 bridgehead atoms. The molecule has 1 saturated carbocycles. The summed E-state index contributed by atoms with van der Waals surface area (Å²) in [5, 5.41) is 20.1. The zero-order valence-electron chi connectivity index (χ0n) is 13.9. The number of carbonyl (C=O) groups is 1. The molecule has 2 fully saturated rings. The molecule has 1 aliphatic heterocycles. The van der Waals surface area contributed by atoms with Crippen LogP contribution < -0.4 is 10.6 Å². The lowest BCUT2D eigenvalue weighted by atomic mass is 9.82. The Kier molecular flexibility index (Phi) is 5.02. The van der Waals surface area contributed by atoms with Gasteiger partial charge >= 0.3 is 0 Å². The molecule has 6 nitrogen and oxygen atoms in total. The fourth-order valence-electron chi connectivity index (χ4n) is 4.22. The van der Waals surface area contributed by atoms with Gasteiger partial charge in [0.15, 0.2) is 0 Å². The molecular formula is C17H28N4O2. The SMILES string of the molecule is Cn1cc([C@H]2CNC[C@@H]2C(=O)NCC2(CCO)CCCC2)cn1. The van der Waals surface area contributed by atoms with Gasteiger partial charge in [0, 0.05) is 45.4 Å². The van der Waals surface area contributed by atoms with Gasteiger partial charge in [-0.2, -0.15) is 5.10 Å². The van der Waals surface area contributed by atoms with Gasteiger partial charge in [-0.1, -0.05) is 12.8 Å². The summed E-state index contributed by atoms with van der Waals surface area (Å²) in [4.78, 5) is 12.7. The number of amides is 1. The number of hydrogen-bond acceptors (Lipinski definition) is 4. The van der Waals surface area contributed by atoms with Crippen molar-refractivity contribution >= 4 is 5.91 Å². The molecule has 3 rings (SSSR count). The number of aromatic nitrogens is 2. The van der Waals surface area contributed by atoms with Gasteiger partial charge < -0.3 is 15.7 Å². The van der Waals surface area contributed by atoms with Gasteiger partial charge in [-0.3, -0.25) is 9.48 Å². The van der Waals surface area contributed by atoms with Crippen LogP contribution in [0.5, 0.6) is 0 Å². The standard InChI is InChI=1S/C17H28N4O2/c1-21-11-13(8-20-21)14-9-18-10-15(14)16(23)19-12-17(6-7-22)4-2-3-5-17/h8,11,14-15,18,22H,2-7,9-10,12H2,1H3,(H,19,23)/t14-,15+/m1/s1. The lowest BCUT2D eigenvalue weighted by Crippen LogP contribution is -2.41. The molecule has 3 N–H and O–H groups in total. The lowest BCUT2D eigenvalue weighted by molar-refractivity contribution is -0.125. The fourth-order valence-corrected chi connectivity index (χ4v) is 4.22. The monoisotopic (exact) mass is 320 g/mol. The van der Waals surface area contributed by atoms with Crippen molar-refractivity contribution in [3.05, 3.63) is 18.0 Å². The molecule has 0 spiro atoms. The van der Waals surface area contributed by atoms with Crippen LogP contribution in [0, 0.1) is 11.3 Å². The zero-order chi connectivity index (χ0) is 16.3. The Morgan fingerprint density at radius 1 is 1.48 bits per heavy atom. The molecule has 2 atom stereocenters. The van der Waals surface area contributed by atoms with E-state index in [1.165, 1.54) is 12.8 Å². The third-order valence-electron chi connectivity index (χ3n) is 5.65. The van der Waals surface area contributed by atoms with E-state index in [9.17, 15) is 9.90 Å². The Labute approximate surface area is 137 Å². The average Bonchev–Trinajstić information content (AvgIpc) is 3.25. The number of nitrogens with zero attached hydrogens (tertiary/aromatic N) is 2. The third-order valence-corrected chi connectivity index (χ3v) is 5.65. The highest BCUT2D eigenvalue weighted by Crippen LogP contribution is 2.40. The first-order valence-corrected chi connectivity index (χ1v) is 8.71. The summed E-state index contributed by atoms with van der Waals surface area (Å²) in [5.74, 6) is 0.293. The summed E-state index contributed by atoms with van der Waals surface area (Å²) in [6.45, 7) is 2.45. The van der Waals surface area contributed by atoms with Gasteiger partial charge in [0.2, 0.25) is 5.91 Å². The Morgan fingerprint density at radius 3 is 2.91 bits per heavy atom. The van der Waals surface area contributed by atoms with Gasteiger partial charge in [-0.25, -0.2) is 0 Å². The van der Waals surface area contributed by atoms with Crippen LogP contribution in [0.4, 0.5) is 0 Å². The summed E-state index contributed by atoms with van der Waals surface area (Å²) >= 11 is 0. The number of aliphatic hydroxyl groups is 1. The molecule has 1 aromatic rings. The van der Waals surface area contributed by atoms with Crippen molar-refractivity contribution in [1.82, 2.24) is 20.4 Å². The van der Waals surface area contributed by atoms with Crippen molar-refractivity contribution in [1.29, 1.82) is 0 Å². The summed E-state index contributed by atoms with van der Waals surface area (Å²) < 4.78 is 1.79. The van der Waals surface area contributed by atoms with Crippen molar-refractivity contribution in [3.8, 4) is 0 Å². The largest absolute Gasteiger partial charge is 0.396 e. The predicted molar refractivity (Wildman–Crippen MR) is 87.9 cm³/mol. The van der Waals surface area contributed by atoms with Gasteiger partial charge in [0.25, 0.3) is 0 Å². The van der Waals surface area contributed by atoms with E-state index in [-0.39, 0.29) is 29.8 Å². The highest BCUT2D eigenvalue weighted by atomic mass is 16.3. The molecule has 1 aromatic heterocycles. The van der Waals surface area contributed by atoms with Crippen LogP contribution >= 0.6 is 0 Å². The van der Waals surface area contributed by atoms with E-state index >= 15 is 0 Å². The second-order valence-corrected chi connectivity index (χ2v) is 7.22. The van der Waals surface area contributed by atoms with Crippen molar-refractivity contribution < 1.29 is 9.90 Å². The summed E-state index contributed by atoms with van der Waals surface area (Å²) in [7, 11) is 1.90. The minimum absolute atomic E-state index is 0.0354. The highest BCUT2D eigenvalue weighted by molar-refractivity contribution is 5.80. The van der Waals surface area contributed by atoms with Gasteiger partial charge in [-0.15, -0.1) is 0 Å². The minimum atomic E-state index is -0.0354. The first-order valence-electron chi connectivity index (χ1n) is 8.71. The second-order valence-electron chi connectivity index (χ2n) is 7.22. The second kappa shape index (κ2) is 7.01. The van der Waals surface area contributed by atoms with E-state index < -0.39 is 0 Å². The summed E-state index contributed by atoms with van der Waals surface area (Å²) in [6.07, 6.45) is 9.30. The Hall–Kier alpha value is -1.40. The number of rotatable bonds is 6. The number of nitrogens with one attached hydrogen (secondary N) is 2. The highest BCUT2D eigenvalue weighted by Gasteiger charge is 2.37.